The molecule has 0 fully saturated rings. The molecule has 0 saturated heterocycles. The van der Waals surface area contributed by atoms with Gasteiger partial charge in [-0.25, -0.2) is 0 Å². The predicted octanol–water partition coefficient (Wildman–Crippen LogP) is 4.25. The van der Waals surface area contributed by atoms with Gasteiger partial charge in [-0.3, -0.25) is 14.9 Å². The molecule has 0 radical (unpaired) electrons. The summed E-state index contributed by atoms with van der Waals surface area (Å²) in [6.45, 7) is 2.60. The Morgan fingerprint density at radius 2 is 1.96 bits per heavy atom. The van der Waals surface area contributed by atoms with Crippen LogP contribution in [0.1, 0.15) is 41.3 Å². The summed E-state index contributed by atoms with van der Waals surface area (Å²) in [4.78, 5) is 28.2. The van der Waals surface area contributed by atoms with Crippen molar-refractivity contribution in [3.63, 3.8) is 0 Å². The summed E-state index contributed by atoms with van der Waals surface area (Å²) in [6.07, 6.45) is 4.45. The highest BCUT2D eigenvalue weighted by atomic mass is 32.1. The standard InChI is InChI=1S/C20H19N3O3S/c1-2-22-17-10-9-16(23(25)26)12-18(17)27-20(22)21-19(24)15-8-7-13-5-3-4-6-14(13)11-15/h7-12H,2-6H2,1H3. The molecule has 3 aromatic rings. The number of aromatic nitrogens is 1. The number of hydrogen-bond acceptors (Lipinski definition) is 4. The first-order valence-corrected chi connectivity index (χ1v) is 9.87. The minimum atomic E-state index is -0.412. The largest absolute Gasteiger partial charge is 0.317 e. The summed E-state index contributed by atoms with van der Waals surface area (Å²) >= 11 is 1.30. The Morgan fingerprint density at radius 3 is 2.70 bits per heavy atom. The van der Waals surface area contributed by atoms with Crippen molar-refractivity contribution in [1.82, 2.24) is 4.57 Å². The third kappa shape index (κ3) is 3.30. The molecule has 27 heavy (non-hydrogen) atoms. The molecule has 0 saturated carbocycles. The number of nitrogens with zero attached hydrogens (tertiary/aromatic N) is 3. The molecule has 1 aliphatic rings. The van der Waals surface area contributed by atoms with Crippen molar-refractivity contribution in [3.8, 4) is 0 Å². The van der Waals surface area contributed by atoms with Gasteiger partial charge in [0.15, 0.2) is 4.80 Å². The number of hydrogen-bond donors (Lipinski definition) is 0. The van der Waals surface area contributed by atoms with E-state index in [1.807, 2.05) is 29.7 Å². The summed E-state index contributed by atoms with van der Waals surface area (Å²) in [7, 11) is 0. The number of nitro groups is 1. The van der Waals surface area contributed by atoms with Crippen LogP contribution in [-0.2, 0) is 19.4 Å². The lowest BCUT2D eigenvalue weighted by molar-refractivity contribution is -0.384. The quantitative estimate of drug-likeness (QED) is 0.503. The van der Waals surface area contributed by atoms with Gasteiger partial charge in [0.2, 0.25) is 0 Å². The molecule has 2 aromatic carbocycles. The van der Waals surface area contributed by atoms with Gasteiger partial charge in [0.1, 0.15) is 0 Å². The van der Waals surface area contributed by atoms with Crippen LogP contribution >= 0.6 is 11.3 Å². The average Bonchev–Trinajstić information content (AvgIpc) is 3.03. The molecule has 1 heterocycles. The lowest BCUT2D eigenvalue weighted by Gasteiger charge is -2.15. The third-order valence-corrected chi connectivity index (χ3v) is 6.03. The monoisotopic (exact) mass is 381 g/mol. The fraction of sp³-hybridized carbons (Fsp3) is 0.300. The van der Waals surface area contributed by atoms with E-state index in [0.29, 0.717) is 16.9 Å². The van der Waals surface area contributed by atoms with Crippen LogP contribution in [0.2, 0.25) is 0 Å². The number of aryl methyl sites for hydroxylation is 3. The number of thiazole rings is 1. The fourth-order valence-corrected chi connectivity index (χ4v) is 4.71. The Morgan fingerprint density at radius 1 is 1.19 bits per heavy atom. The fourth-order valence-electron chi connectivity index (χ4n) is 3.58. The highest BCUT2D eigenvalue weighted by Gasteiger charge is 2.14. The molecule has 0 N–H and O–H groups in total. The zero-order valence-electron chi connectivity index (χ0n) is 15.0. The summed E-state index contributed by atoms with van der Waals surface area (Å²) in [6, 6.07) is 10.6. The zero-order chi connectivity index (χ0) is 19.0. The smallest absolute Gasteiger partial charge is 0.279 e. The molecule has 0 bridgehead atoms. The maximum Gasteiger partial charge on any atom is 0.279 e. The second kappa shape index (κ2) is 7.08. The Labute approximate surface area is 159 Å². The van der Waals surface area contributed by atoms with Crippen LogP contribution in [-0.4, -0.2) is 15.4 Å². The number of nitro benzene ring substituents is 1. The second-order valence-electron chi connectivity index (χ2n) is 6.65. The first-order valence-electron chi connectivity index (χ1n) is 9.05. The van der Waals surface area contributed by atoms with Crippen molar-refractivity contribution in [2.24, 2.45) is 4.99 Å². The van der Waals surface area contributed by atoms with Crippen LogP contribution in [0.25, 0.3) is 10.2 Å². The highest BCUT2D eigenvalue weighted by molar-refractivity contribution is 7.16. The molecule has 1 aromatic heterocycles. The molecule has 0 spiro atoms. The van der Waals surface area contributed by atoms with Gasteiger partial charge >= 0.3 is 0 Å². The number of amides is 1. The van der Waals surface area contributed by atoms with Gasteiger partial charge in [0, 0.05) is 24.2 Å². The first kappa shape index (κ1) is 17.6. The van der Waals surface area contributed by atoms with E-state index in [1.165, 1.54) is 41.0 Å². The summed E-state index contributed by atoms with van der Waals surface area (Å²) < 4.78 is 2.67. The molecule has 0 aliphatic heterocycles. The first-order chi connectivity index (χ1) is 13.1. The molecule has 4 rings (SSSR count). The molecule has 0 atom stereocenters. The number of benzene rings is 2. The summed E-state index contributed by atoms with van der Waals surface area (Å²) in [5, 5.41) is 11.0. The van der Waals surface area contributed by atoms with Crippen molar-refractivity contribution in [1.29, 1.82) is 0 Å². The van der Waals surface area contributed by atoms with Crippen LogP contribution in [0.5, 0.6) is 0 Å². The Hall–Kier alpha value is -2.80. The Kier molecular flexibility index (Phi) is 4.61. The van der Waals surface area contributed by atoms with Crippen molar-refractivity contribution in [2.75, 3.05) is 0 Å². The molecule has 138 valence electrons. The summed E-state index contributed by atoms with van der Waals surface area (Å²) in [5.41, 5.74) is 4.07. The molecule has 6 nitrogen and oxygen atoms in total. The van der Waals surface area contributed by atoms with E-state index in [4.69, 9.17) is 0 Å². The van der Waals surface area contributed by atoms with Crippen LogP contribution in [0.15, 0.2) is 41.4 Å². The van der Waals surface area contributed by atoms with Crippen LogP contribution < -0.4 is 4.80 Å². The van der Waals surface area contributed by atoms with E-state index in [-0.39, 0.29) is 11.6 Å². The second-order valence-corrected chi connectivity index (χ2v) is 7.65. The van der Waals surface area contributed by atoms with Crippen molar-refractivity contribution in [3.05, 3.63) is 68.0 Å². The number of non-ortho nitro benzene ring substituents is 1. The van der Waals surface area contributed by atoms with E-state index in [9.17, 15) is 14.9 Å². The van der Waals surface area contributed by atoms with E-state index >= 15 is 0 Å². The molecule has 0 unspecified atom stereocenters. The van der Waals surface area contributed by atoms with Gasteiger partial charge in [-0.15, -0.1) is 0 Å². The minimum Gasteiger partial charge on any atom is -0.317 e. The lowest BCUT2D eigenvalue weighted by atomic mass is 9.90. The molecule has 7 heteroatoms. The van der Waals surface area contributed by atoms with Crippen LogP contribution in [0, 0.1) is 10.1 Å². The van der Waals surface area contributed by atoms with Gasteiger partial charge in [-0.2, -0.15) is 4.99 Å². The maximum atomic E-state index is 12.7. The molecular weight excluding hydrogens is 362 g/mol. The molecule has 1 aliphatic carbocycles. The van der Waals surface area contributed by atoms with E-state index in [0.717, 1.165) is 29.5 Å². The Bertz CT molecular complexity index is 1130. The van der Waals surface area contributed by atoms with E-state index in [2.05, 4.69) is 4.99 Å². The van der Waals surface area contributed by atoms with E-state index < -0.39 is 4.92 Å². The number of carbonyl (C=O) groups excluding carboxylic acids is 1. The van der Waals surface area contributed by atoms with Gasteiger partial charge in [-0.1, -0.05) is 17.4 Å². The highest BCUT2D eigenvalue weighted by Crippen LogP contribution is 2.24. The van der Waals surface area contributed by atoms with Crippen LogP contribution in [0.4, 0.5) is 5.69 Å². The van der Waals surface area contributed by atoms with Crippen molar-refractivity contribution in [2.45, 2.75) is 39.2 Å². The number of carbonyl (C=O) groups is 1. The maximum absolute atomic E-state index is 12.7. The van der Waals surface area contributed by atoms with E-state index in [1.54, 1.807) is 6.07 Å². The minimum absolute atomic E-state index is 0.0413. The van der Waals surface area contributed by atoms with Gasteiger partial charge < -0.3 is 4.57 Å². The SMILES string of the molecule is CCn1c(=NC(=O)c2ccc3c(c2)CCCC3)sc2cc([N+](=O)[O-])ccc21. The molecule has 1 amide bonds. The topological polar surface area (TPSA) is 77.5 Å². The normalized spacial score (nSPS) is 14.3. The molecular formula is C20H19N3O3S. The van der Waals surface area contributed by atoms with Gasteiger partial charge in [0.25, 0.3) is 11.6 Å². The third-order valence-electron chi connectivity index (χ3n) is 4.99. The van der Waals surface area contributed by atoms with Crippen molar-refractivity contribution >= 4 is 33.1 Å². The van der Waals surface area contributed by atoms with Crippen LogP contribution in [0.3, 0.4) is 0 Å². The average molecular weight is 381 g/mol. The lowest BCUT2D eigenvalue weighted by Crippen LogP contribution is -2.16. The number of fused-ring (bicyclic) bond motifs is 2. The summed E-state index contributed by atoms with van der Waals surface area (Å²) in [5.74, 6) is -0.272. The predicted molar refractivity (Wildman–Crippen MR) is 105 cm³/mol. The van der Waals surface area contributed by atoms with Gasteiger partial charge in [0.05, 0.1) is 15.1 Å². The van der Waals surface area contributed by atoms with Gasteiger partial charge in [-0.05, 0) is 61.9 Å². The number of rotatable bonds is 3. The Balaban J connectivity index is 1.77. The van der Waals surface area contributed by atoms with Crippen molar-refractivity contribution < 1.29 is 9.72 Å². The zero-order valence-corrected chi connectivity index (χ0v) is 15.8.